The molecule has 3 aliphatic carbocycles. The van der Waals surface area contributed by atoms with Crippen LogP contribution in [-0.4, -0.2) is 92.8 Å². The molecule has 4 heterocycles. The van der Waals surface area contributed by atoms with Gasteiger partial charge in [0.1, 0.15) is 5.75 Å². The molecule has 256 valence electrons. The summed E-state index contributed by atoms with van der Waals surface area (Å²) in [4.78, 5) is 32.9. The van der Waals surface area contributed by atoms with Crippen LogP contribution in [0.4, 0.5) is 0 Å². The number of likely N-dealkylation sites (tertiary alicyclic amines) is 2. The Bertz CT molecular complexity index is 1900. The third kappa shape index (κ3) is 5.07. The highest BCUT2D eigenvalue weighted by molar-refractivity contribution is 7.87. The minimum absolute atomic E-state index is 0.173. The van der Waals surface area contributed by atoms with Gasteiger partial charge >= 0.3 is 10.2 Å². The largest absolute Gasteiger partial charge is 0.496 e. The zero-order valence-corrected chi connectivity index (χ0v) is 29.3. The molecule has 3 aliphatic heterocycles. The normalized spacial score (nSPS) is 27.5. The highest BCUT2D eigenvalue weighted by Gasteiger charge is 2.49. The summed E-state index contributed by atoms with van der Waals surface area (Å²) in [5.74, 6) is 0.684. The number of fused-ring (bicyclic) bond motifs is 7. The first-order valence-corrected chi connectivity index (χ1v) is 19.1. The summed E-state index contributed by atoms with van der Waals surface area (Å²) in [7, 11) is 2.72. The molecule has 4 atom stereocenters. The number of carbonyl (C=O) groups is 2. The average molecular weight is 674 g/mol. The van der Waals surface area contributed by atoms with E-state index in [1.165, 1.54) is 45.3 Å². The second kappa shape index (κ2) is 11.9. The Kier molecular flexibility index (Phi) is 7.88. The van der Waals surface area contributed by atoms with E-state index in [0.717, 1.165) is 82.3 Å². The van der Waals surface area contributed by atoms with E-state index >= 15 is 0 Å². The zero-order valence-electron chi connectivity index (χ0n) is 28.5. The van der Waals surface area contributed by atoms with Crippen molar-refractivity contribution in [2.75, 3.05) is 47.9 Å². The van der Waals surface area contributed by atoms with Crippen LogP contribution in [0.5, 0.6) is 5.75 Å². The summed E-state index contributed by atoms with van der Waals surface area (Å²) in [5, 5.41) is 1.04. The molecular formula is C37H47N5O5S. The van der Waals surface area contributed by atoms with Gasteiger partial charge in [0.05, 0.1) is 24.1 Å². The lowest BCUT2D eigenvalue weighted by Crippen LogP contribution is -2.43. The molecule has 48 heavy (non-hydrogen) atoms. The number of carbonyl (C=O) groups excluding carboxylic acids is 2. The molecule has 0 radical (unpaired) electrons. The fourth-order valence-corrected chi connectivity index (χ4v) is 10.1. The fourth-order valence-electron chi connectivity index (χ4n) is 9.59. The number of nitrogens with zero attached hydrogens (tertiary/aromatic N) is 4. The van der Waals surface area contributed by atoms with Gasteiger partial charge in [-0.2, -0.15) is 12.7 Å². The first-order chi connectivity index (χ1) is 23.1. The van der Waals surface area contributed by atoms with Crippen molar-refractivity contribution in [3.05, 3.63) is 63.9 Å². The Hall–Kier alpha value is -3.41. The summed E-state index contributed by atoms with van der Waals surface area (Å²) in [6.07, 6.45) is 13.0. The predicted molar refractivity (Wildman–Crippen MR) is 185 cm³/mol. The lowest BCUT2D eigenvalue weighted by Gasteiger charge is -2.34. The summed E-state index contributed by atoms with van der Waals surface area (Å²) in [5.41, 5.74) is 6.52. The number of hydrogen-bond acceptors (Lipinski definition) is 6. The maximum absolute atomic E-state index is 14.7. The molecule has 8 rings (SSSR count). The fraction of sp³-hybridized carbons (Fsp3) is 0.568. The van der Waals surface area contributed by atoms with E-state index in [1.807, 2.05) is 0 Å². The number of ether oxygens (including phenoxy) is 1. The van der Waals surface area contributed by atoms with Crippen molar-refractivity contribution in [2.45, 2.75) is 75.8 Å². The van der Waals surface area contributed by atoms with Crippen molar-refractivity contribution in [2.24, 2.45) is 11.8 Å². The van der Waals surface area contributed by atoms with Crippen LogP contribution in [0.3, 0.4) is 0 Å². The molecule has 3 fully saturated rings. The van der Waals surface area contributed by atoms with Gasteiger partial charge in [-0.05, 0) is 91.9 Å². The van der Waals surface area contributed by atoms with Gasteiger partial charge in [0.2, 0.25) is 5.91 Å². The second-order valence-corrected chi connectivity index (χ2v) is 16.8. The second-order valence-electron chi connectivity index (χ2n) is 14.9. The number of rotatable bonds is 6. The number of likely N-dealkylation sites (N-methyl/N-ethyl adjacent to an activating group) is 1. The van der Waals surface area contributed by atoms with E-state index in [0.29, 0.717) is 36.4 Å². The van der Waals surface area contributed by atoms with Crippen LogP contribution in [0.2, 0.25) is 0 Å². The van der Waals surface area contributed by atoms with E-state index in [-0.39, 0.29) is 17.7 Å². The predicted octanol–water partition coefficient (Wildman–Crippen LogP) is 4.45. The first-order valence-electron chi connectivity index (χ1n) is 17.7. The summed E-state index contributed by atoms with van der Waals surface area (Å²) in [6.45, 7) is 3.05. The zero-order chi connectivity index (χ0) is 33.5. The van der Waals surface area contributed by atoms with E-state index in [2.05, 4.69) is 56.5 Å². The highest BCUT2D eigenvalue weighted by atomic mass is 32.2. The van der Waals surface area contributed by atoms with Gasteiger partial charge in [0.15, 0.2) is 0 Å². The van der Waals surface area contributed by atoms with Crippen molar-refractivity contribution in [1.29, 1.82) is 0 Å². The number of hydrogen-bond donors (Lipinski definition) is 1. The van der Waals surface area contributed by atoms with Crippen molar-refractivity contribution in [3.63, 3.8) is 0 Å². The van der Waals surface area contributed by atoms with Gasteiger partial charge in [0, 0.05) is 56.8 Å². The van der Waals surface area contributed by atoms with E-state index in [4.69, 9.17) is 4.74 Å². The summed E-state index contributed by atoms with van der Waals surface area (Å²) >= 11 is 0. The van der Waals surface area contributed by atoms with Gasteiger partial charge in [-0.1, -0.05) is 37.5 Å². The van der Waals surface area contributed by atoms with Gasteiger partial charge in [-0.3, -0.25) is 9.59 Å². The van der Waals surface area contributed by atoms with Crippen LogP contribution in [-0.2, 0) is 26.3 Å². The van der Waals surface area contributed by atoms with Crippen LogP contribution in [0.15, 0.2) is 52.6 Å². The number of benzene rings is 1. The van der Waals surface area contributed by atoms with E-state index in [9.17, 15) is 18.0 Å². The van der Waals surface area contributed by atoms with Crippen LogP contribution in [0.25, 0.3) is 10.9 Å². The average Bonchev–Trinajstić information content (AvgIpc) is 3.46. The first kappa shape index (κ1) is 31.8. The molecule has 1 aromatic heterocycles. The van der Waals surface area contributed by atoms with E-state index < -0.39 is 16.1 Å². The number of amides is 2. The van der Waals surface area contributed by atoms with Crippen LogP contribution in [0, 0.1) is 11.8 Å². The molecule has 1 saturated carbocycles. The number of piperidine rings is 1. The van der Waals surface area contributed by atoms with Gasteiger partial charge < -0.3 is 19.1 Å². The van der Waals surface area contributed by atoms with Crippen molar-refractivity contribution >= 4 is 32.9 Å². The highest BCUT2D eigenvalue weighted by Crippen LogP contribution is 2.55. The molecular weight excluding hydrogens is 627 g/mol. The third-order valence-electron chi connectivity index (χ3n) is 12.1. The molecule has 1 N–H and O–H groups in total. The van der Waals surface area contributed by atoms with Crippen LogP contribution < -0.4 is 9.46 Å². The van der Waals surface area contributed by atoms with Crippen molar-refractivity contribution in [1.82, 2.24) is 23.4 Å². The molecule has 1 aromatic carbocycles. The summed E-state index contributed by atoms with van der Waals surface area (Å²) in [6, 6.07) is 6.94. The topological polar surface area (TPSA) is 104 Å². The Morgan fingerprint density at radius 1 is 1.04 bits per heavy atom. The molecule has 2 saturated heterocycles. The van der Waals surface area contributed by atoms with E-state index in [1.54, 1.807) is 7.11 Å². The minimum atomic E-state index is -3.98. The third-order valence-corrected chi connectivity index (χ3v) is 13.5. The molecule has 2 aromatic rings. The number of methoxy groups -OCH3 is 1. The number of allylic oxidation sites excluding steroid dienone is 4. The van der Waals surface area contributed by atoms with Gasteiger partial charge in [-0.15, -0.1) is 0 Å². The Morgan fingerprint density at radius 3 is 2.56 bits per heavy atom. The SMILES string of the molecule is COc1ccc(C2CCCCC2)c2c1cc1n2CC2=C(C(=O)NS(=O)(=O)N(C)C)C2=C2C=CC[C@@H](C(=O)N3CC4CCCN(C)C4C3)C21. The van der Waals surface area contributed by atoms with Gasteiger partial charge in [-0.25, -0.2) is 4.72 Å². The maximum atomic E-state index is 14.7. The Balaban J connectivity index is 1.27. The number of nitrogens with one attached hydrogen (secondary N) is 1. The Morgan fingerprint density at radius 2 is 1.83 bits per heavy atom. The van der Waals surface area contributed by atoms with Crippen molar-refractivity contribution in [3.8, 4) is 5.75 Å². The van der Waals surface area contributed by atoms with Crippen molar-refractivity contribution < 1.29 is 22.7 Å². The maximum Gasteiger partial charge on any atom is 0.303 e. The molecule has 2 amide bonds. The molecule has 11 heteroatoms. The lowest BCUT2D eigenvalue weighted by atomic mass is 9.76. The smallest absolute Gasteiger partial charge is 0.303 e. The monoisotopic (exact) mass is 673 g/mol. The summed E-state index contributed by atoms with van der Waals surface area (Å²) < 4.78 is 37.0. The Labute approximate surface area is 283 Å². The molecule has 6 aliphatic rings. The van der Waals surface area contributed by atoms with Crippen LogP contribution in [0.1, 0.15) is 74.5 Å². The quantitative estimate of drug-likeness (QED) is 0.486. The molecule has 3 unspecified atom stereocenters. The van der Waals surface area contributed by atoms with Gasteiger partial charge in [0.25, 0.3) is 5.91 Å². The minimum Gasteiger partial charge on any atom is -0.496 e. The lowest BCUT2D eigenvalue weighted by molar-refractivity contribution is -0.135. The molecule has 0 bridgehead atoms. The number of aromatic nitrogens is 1. The standard InChI is InChI=1S/C37H47N5O5S/c1-39(2)48(45,46)38-36(43)34-28-20-42-29(18-27-31(47-4)16-15-24(35(27)42)22-10-6-5-7-11-22)32-25(33(28)34)13-8-14-26(32)37(44)41-19-23-12-9-17-40(3)30(23)21-41/h8,13,15-16,18,22-23,26,30,32H,5-7,9-12,14,17,19-21H2,1-4H3,(H,38,43)/t23?,26-,30?,32?/m1/s1. The molecule has 0 spiro atoms. The molecule has 10 nitrogen and oxygen atoms in total. The van der Waals surface area contributed by atoms with Crippen LogP contribution >= 0.6 is 0 Å².